The minimum atomic E-state index is -4.89. The highest BCUT2D eigenvalue weighted by Crippen LogP contribution is 2.41. The zero-order valence-corrected chi connectivity index (χ0v) is 9.87. The van der Waals surface area contributed by atoms with E-state index in [0.29, 0.717) is 6.07 Å². The van der Waals surface area contributed by atoms with Gasteiger partial charge in [-0.15, -0.1) is 0 Å². The van der Waals surface area contributed by atoms with Crippen LogP contribution < -0.4 is 9.47 Å². The minimum Gasteiger partial charge on any atom is -0.493 e. The molecule has 0 amide bonds. The lowest BCUT2D eigenvalue weighted by atomic mass is 10.0. The molecule has 0 aromatic heterocycles. The van der Waals surface area contributed by atoms with Gasteiger partial charge in [-0.05, 0) is 12.1 Å². The molecule has 0 aliphatic heterocycles. The van der Waals surface area contributed by atoms with E-state index in [2.05, 4.69) is 4.74 Å². The second-order valence-corrected chi connectivity index (χ2v) is 3.36. The summed E-state index contributed by atoms with van der Waals surface area (Å²) in [4.78, 5) is 22.1. The quantitative estimate of drug-likeness (QED) is 0.673. The fourth-order valence-corrected chi connectivity index (χ4v) is 1.50. The first-order valence-electron chi connectivity index (χ1n) is 4.83. The van der Waals surface area contributed by atoms with Gasteiger partial charge in [0.1, 0.15) is 0 Å². The van der Waals surface area contributed by atoms with Gasteiger partial charge in [0, 0.05) is 0 Å². The fourth-order valence-electron chi connectivity index (χ4n) is 1.50. The SMILES string of the molecule is COc1ccc(C(F)(F)F)c(C(=O)C(=O)O)c1OC. The lowest BCUT2D eigenvalue weighted by molar-refractivity contribution is -0.138. The summed E-state index contributed by atoms with van der Waals surface area (Å²) in [6.45, 7) is 0. The van der Waals surface area contributed by atoms with Crippen LogP contribution in [0.3, 0.4) is 0 Å². The van der Waals surface area contributed by atoms with Crippen LogP contribution in [0.5, 0.6) is 11.5 Å². The lowest BCUT2D eigenvalue weighted by Crippen LogP contribution is -2.20. The summed E-state index contributed by atoms with van der Waals surface area (Å²) in [5.74, 6) is -4.47. The third-order valence-corrected chi connectivity index (χ3v) is 2.27. The van der Waals surface area contributed by atoms with Crippen molar-refractivity contribution in [3.63, 3.8) is 0 Å². The number of rotatable bonds is 4. The monoisotopic (exact) mass is 278 g/mol. The van der Waals surface area contributed by atoms with Gasteiger partial charge in [0.05, 0.1) is 25.3 Å². The molecule has 0 aliphatic carbocycles. The number of hydrogen-bond donors (Lipinski definition) is 1. The molecule has 5 nitrogen and oxygen atoms in total. The second kappa shape index (κ2) is 5.17. The minimum absolute atomic E-state index is 0.167. The van der Waals surface area contributed by atoms with Gasteiger partial charge in [0.2, 0.25) is 0 Å². The van der Waals surface area contributed by atoms with Crippen LogP contribution in [0, 0.1) is 0 Å². The van der Waals surface area contributed by atoms with Crippen molar-refractivity contribution < 1.29 is 37.3 Å². The van der Waals surface area contributed by atoms with E-state index >= 15 is 0 Å². The first-order chi connectivity index (χ1) is 8.73. The molecule has 0 heterocycles. The van der Waals surface area contributed by atoms with Gasteiger partial charge in [-0.1, -0.05) is 0 Å². The molecule has 0 radical (unpaired) electrons. The summed E-state index contributed by atoms with van der Waals surface area (Å²) in [6.07, 6.45) is -4.89. The van der Waals surface area contributed by atoms with Gasteiger partial charge < -0.3 is 14.6 Å². The molecule has 1 aromatic carbocycles. The summed E-state index contributed by atoms with van der Waals surface area (Å²) < 4.78 is 47.8. The van der Waals surface area contributed by atoms with Crippen LogP contribution in [0.1, 0.15) is 15.9 Å². The Labute approximate surface area is 105 Å². The van der Waals surface area contributed by atoms with Gasteiger partial charge in [-0.2, -0.15) is 13.2 Å². The number of aliphatic carboxylic acids is 1. The van der Waals surface area contributed by atoms with Crippen molar-refractivity contribution in [3.05, 3.63) is 23.3 Å². The maximum absolute atomic E-state index is 12.8. The Morgan fingerprint density at radius 3 is 2.11 bits per heavy atom. The predicted molar refractivity (Wildman–Crippen MR) is 56.5 cm³/mol. The molecule has 1 N–H and O–H groups in total. The number of carboxylic acid groups (broad SMARTS) is 1. The molecule has 19 heavy (non-hydrogen) atoms. The molecule has 1 aromatic rings. The molecule has 8 heteroatoms. The standard InChI is InChI=1S/C11H9F3O5/c1-18-6-4-3-5(11(12,13)14)7(9(6)19-2)8(15)10(16)17/h3-4H,1-2H3,(H,16,17). The highest BCUT2D eigenvalue weighted by Gasteiger charge is 2.39. The van der Waals surface area contributed by atoms with Gasteiger partial charge >= 0.3 is 12.1 Å². The number of halogens is 3. The summed E-state index contributed by atoms with van der Waals surface area (Å²) in [5, 5.41) is 8.60. The van der Waals surface area contributed by atoms with E-state index in [0.717, 1.165) is 20.3 Å². The van der Waals surface area contributed by atoms with E-state index in [1.54, 1.807) is 0 Å². The van der Waals surface area contributed by atoms with Crippen molar-refractivity contribution in [1.29, 1.82) is 0 Å². The molecule has 104 valence electrons. The predicted octanol–water partition coefficient (Wildman–Crippen LogP) is 1.99. The van der Waals surface area contributed by atoms with Crippen molar-refractivity contribution in [1.82, 2.24) is 0 Å². The summed E-state index contributed by atoms with van der Waals surface area (Å²) >= 11 is 0. The highest BCUT2D eigenvalue weighted by atomic mass is 19.4. The zero-order valence-electron chi connectivity index (χ0n) is 9.87. The average molecular weight is 278 g/mol. The van der Waals surface area contributed by atoms with Gasteiger partial charge in [-0.25, -0.2) is 4.79 Å². The Bertz CT molecular complexity index is 522. The summed E-state index contributed by atoms with van der Waals surface area (Å²) in [5.41, 5.74) is -2.47. The van der Waals surface area contributed by atoms with Crippen LogP contribution in [0.2, 0.25) is 0 Å². The molecule has 0 unspecified atom stereocenters. The van der Waals surface area contributed by atoms with Crippen LogP contribution in [-0.4, -0.2) is 31.1 Å². The smallest absolute Gasteiger partial charge is 0.417 e. The molecule has 0 saturated carbocycles. The van der Waals surface area contributed by atoms with Gasteiger partial charge in [0.15, 0.2) is 11.5 Å². The zero-order chi connectivity index (χ0) is 14.8. The van der Waals surface area contributed by atoms with E-state index in [1.165, 1.54) is 0 Å². The van der Waals surface area contributed by atoms with Crippen LogP contribution in [-0.2, 0) is 11.0 Å². The Morgan fingerprint density at radius 1 is 1.16 bits per heavy atom. The normalized spacial score (nSPS) is 11.0. The molecular weight excluding hydrogens is 269 g/mol. The Balaban J connectivity index is 3.68. The van der Waals surface area contributed by atoms with Gasteiger partial charge in [0.25, 0.3) is 5.78 Å². The number of hydrogen-bond acceptors (Lipinski definition) is 4. The topological polar surface area (TPSA) is 72.8 Å². The Kier molecular flexibility index (Phi) is 4.03. The number of ether oxygens (including phenoxy) is 2. The molecule has 0 aliphatic rings. The maximum Gasteiger partial charge on any atom is 0.417 e. The number of methoxy groups -OCH3 is 2. The number of carbonyl (C=O) groups excluding carboxylic acids is 1. The molecule has 0 fully saturated rings. The van der Waals surface area contributed by atoms with E-state index in [9.17, 15) is 22.8 Å². The van der Waals surface area contributed by atoms with Crippen LogP contribution in [0.4, 0.5) is 13.2 Å². The first kappa shape index (κ1) is 14.8. The molecular formula is C11H9F3O5. The number of alkyl halides is 3. The van der Waals surface area contributed by atoms with Crippen LogP contribution in [0.25, 0.3) is 0 Å². The van der Waals surface area contributed by atoms with Crippen molar-refractivity contribution in [2.75, 3.05) is 14.2 Å². The van der Waals surface area contributed by atoms with Crippen molar-refractivity contribution in [2.45, 2.75) is 6.18 Å². The highest BCUT2D eigenvalue weighted by molar-refractivity contribution is 6.41. The van der Waals surface area contributed by atoms with E-state index < -0.39 is 34.8 Å². The largest absolute Gasteiger partial charge is 0.493 e. The maximum atomic E-state index is 12.8. The van der Waals surface area contributed by atoms with E-state index in [1.807, 2.05) is 0 Å². The summed E-state index contributed by atoms with van der Waals surface area (Å²) in [6, 6.07) is 1.51. The number of carboxylic acids is 1. The number of Topliss-reactive ketones (excluding diaryl/α,β-unsaturated/α-hetero) is 1. The third-order valence-electron chi connectivity index (χ3n) is 2.27. The summed E-state index contributed by atoms with van der Waals surface area (Å²) in [7, 11) is 2.16. The van der Waals surface area contributed by atoms with E-state index in [4.69, 9.17) is 9.84 Å². The molecule has 0 bridgehead atoms. The van der Waals surface area contributed by atoms with Crippen LogP contribution >= 0.6 is 0 Å². The Hall–Kier alpha value is -2.25. The lowest BCUT2D eigenvalue weighted by Gasteiger charge is -2.16. The third kappa shape index (κ3) is 2.78. The van der Waals surface area contributed by atoms with E-state index in [-0.39, 0.29) is 5.75 Å². The number of ketones is 1. The molecule has 1 rings (SSSR count). The van der Waals surface area contributed by atoms with Crippen LogP contribution in [0.15, 0.2) is 12.1 Å². The average Bonchev–Trinajstić information content (AvgIpc) is 2.34. The van der Waals surface area contributed by atoms with Crippen molar-refractivity contribution in [2.24, 2.45) is 0 Å². The second-order valence-electron chi connectivity index (χ2n) is 3.36. The van der Waals surface area contributed by atoms with Gasteiger partial charge in [-0.3, -0.25) is 4.79 Å². The number of carbonyl (C=O) groups is 2. The molecule has 0 saturated heterocycles. The first-order valence-corrected chi connectivity index (χ1v) is 4.83. The Morgan fingerprint density at radius 2 is 1.74 bits per heavy atom. The molecule has 0 atom stereocenters. The van der Waals surface area contributed by atoms with Crippen molar-refractivity contribution in [3.8, 4) is 11.5 Å². The molecule has 0 spiro atoms. The van der Waals surface area contributed by atoms with Crippen molar-refractivity contribution >= 4 is 11.8 Å². The number of benzene rings is 1. The fraction of sp³-hybridized carbons (Fsp3) is 0.273.